The average Bonchev–Trinajstić information content (AvgIpc) is 3.71. The Morgan fingerprint density at radius 1 is 1.11 bits per heavy atom. The van der Waals surface area contributed by atoms with Crippen LogP contribution in [0.25, 0.3) is 10.9 Å². The summed E-state index contributed by atoms with van der Waals surface area (Å²) in [6.07, 6.45) is 3.19. The molecule has 3 N–H and O–H groups in total. The van der Waals surface area contributed by atoms with E-state index in [0.29, 0.717) is 53.3 Å². The third kappa shape index (κ3) is 5.42. The molecule has 35 heavy (non-hydrogen) atoms. The van der Waals surface area contributed by atoms with Gasteiger partial charge in [-0.05, 0) is 43.3 Å². The molecule has 3 heterocycles. The lowest BCUT2D eigenvalue weighted by Gasteiger charge is -2.15. The standard InChI is InChI=1S/C25H23ClN6O3/c1-2-34-23-11-19-17(10-20(23)32-25(33)21-12-28-21)24(30-14-29-19)31-15-6-7-22(18(26)9-15)35-13-16-5-3-4-8-27-16/h3-11,14,21,28H,2,12-13H2,1H3,(H,32,33)(H,29,30,31). The van der Waals surface area contributed by atoms with Gasteiger partial charge >= 0.3 is 0 Å². The van der Waals surface area contributed by atoms with E-state index >= 15 is 0 Å². The first-order valence-electron chi connectivity index (χ1n) is 11.2. The van der Waals surface area contributed by atoms with Crippen LogP contribution in [-0.2, 0) is 11.4 Å². The Labute approximate surface area is 206 Å². The highest BCUT2D eigenvalue weighted by atomic mass is 35.5. The second-order valence-electron chi connectivity index (χ2n) is 7.85. The van der Waals surface area contributed by atoms with E-state index in [-0.39, 0.29) is 11.9 Å². The summed E-state index contributed by atoms with van der Waals surface area (Å²) in [5.41, 5.74) is 2.77. The molecule has 0 saturated carbocycles. The van der Waals surface area contributed by atoms with Gasteiger partial charge in [0.25, 0.3) is 0 Å². The number of amides is 1. The van der Waals surface area contributed by atoms with E-state index < -0.39 is 0 Å². The van der Waals surface area contributed by atoms with E-state index in [1.165, 1.54) is 6.33 Å². The molecule has 2 aromatic heterocycles. The minimum atomic E-state index is -0.176. The number of carbonyl (C=O) groups is 1. The largest absolute Gasteiger partial charge is 0.492 e. The first kappa shape index (κ1) is 22.8. The van der Waals surface area contributed by atoms with Crippen LogP contribution < -0.4 is 25.4 Å². The molecule has 1 atom stereocenters. The van der Waals surface area contributed by atoms with Crippen molar-refractivity contribution in [1.29, 1.82) is 0 Å². The van der Waals surface area contributed by atoms with E-state index in [9.17, 15) is 4.79 Å². The molecule has 1 aliphatic heterocycles. The topological polar surface area (TPSA) is 120 Å². The normalized spacial score (nSPS) is 14.4. The molecule has 5 rings (SSSR count). The highest BCUT2D eigenvalue weighted by Gasteiger charge is 2.29. The maximum absolute atomic E-state index is 12.3. The second-order valence-corrected chi connectivity index (χ2v) is 8.26. The molecule has 0 radical (unpaired) electrons. The number of rotatable bonds is 9. The lowest BCUT2D eigenvalue weighted by atomic mass is 10.1. The SMILES string of the molecule is CCOc1cc2ncnc(Nc3ccc(OCc4ccccn4)c(Cl)c3)c2cc1NC(=O)C1CN1. The van der Waals surface area contributed by atoms with Crippen molar-refractivity contribution in [3.8, 4) is 11.5 Å². The Morgan fingerprint density at radius 2 is 2.00 bits per heavy atom. The van der Waals surface area contributed by atoms with E-state index in [0.717, 1.165) is 16.8 Å². The summed E-state index contributed by atoms with van der Waals surface area (Å²) < 4.78 is 11.5. The number of benzene rings is 2. The minimum Gasteiger partial charge on any atom is -0.492 e. The summed E-state index contributed by atoms with van der Waals surface area (Å²) in [7, 11) is 0. The number of ether oxygens (including phenoxy) is 2. The van der Waals surface area contributed by atoms with Crippen LogP contribution in [0, 0.1) is 0 Å². The Bertz CT molecular complexity index is 1360. The Balaban J connectivity index is 1.39. The number of aromatic nitrogens is 3. The first-order chi connectivity index (χ1) is 17.1. The predicted octanol–water partition coefficient (Wildman–Crippen LogP) is 4.31. The molecule has 1 aliphatic rings. The molecule has 1 amide bonds. The Morgan fingerprint density at radius 3 is 2.74 bits per heavy atom. The molecule has 1 saturated heterocycles. The Hall–Kier alpha value is -3.95. The fraction of sp³-hybridized carbons (Fsp3) is 0.200. The van der Waals surface area contributed by atoms with Crippen LogP contribution in [0.4, 0.5) is 17.2 Å². The summed E-state index contributed by atoms with van der Waals surface area (Å²) in [5, 5.41) is 10.4. The predicted molar refractivity (Wildman–Crippen MR) is 134 cm³/mol. The van der Waals surface area contributed by atoms with Crippen molar-refractivity contribution in [3.63, 3.8) is 0 Å². The van der Waals surface area contributed by atoms with E-state index in [2.05, 4.69) is 30.9 Å². The van der Waals surface area contributed by atoms with E-state index in [1.807, 2.05) is 37.3 Å². The smallest absolute Gasteiger partial charge is 0.242 e. The van der Waals surface area contributed by atoms with Crippen molar-refractivity contribution in [3.05, 3.63) is 71.8 Å². The van der Waals surface area contributed by atoms with Gasteiger partial charge in [0.1, 0.15) is 30.3 Å². The molecular formula is C25H23ClN6O3. The zero-order valence-electron chi connectivity index (χ0n) is 18.9. The fourth-order valence-corrected chi connectivity index (χ4v) is 3.72. The highest BCUT2D eigenvalue weighted by Crippen LogP contribution is 2.35. The molecule has 4 aromatic rings. The van der Waals surface area contributed by atoms with Crippen molar-refractivity contribution in [2.24, 2.45) is 0 Å². The molecule has 1 unspecified atom stereocenters. The number of nitrogens with zero attached hydrogens (tertiary/aromatic N) is 3. The summed E-state index contributed by atoms with van der Waals surface area (Å²) in [5.74, 6) is 1.56. The van der Waals surface area contributed by atoms with Gasteiger partial charge in [-0.2, -0.15) is 0 Å². The lowest BCUT2D eigenvalue weighted by molar-refractivity contribution is -0.115. The number of fused-ring (bicyclic) bond motifs is 1. The zero-order chi connectivity index (χ0) is 24.2. The molecule has 10 heteroatoms. The minimum absolute atomic E-state index is 0.107. The Kier molecular flexibility index (Phi) is 6.60. The van der Waals surface area contributed by atoms with Gasteiger partial charge in [-0.25, -0.2) is 9.97 Å². The van der Waals surface area contributed by atoms with Crippen molar-refractivity contribution < 1.29 is 14.3 Å². The molecule has 178 valence electrons. The second kappa shape index (κ2) is 10.1. The van der Waals surface area contributed by atoms with E-state index in [1.54, 1.807) is 24.4 Å². The van der Waals surface area contributed by atoms with Gasteiger partial charge < -0.3 is 25.4 Å². The van der Waals surface area contributed by atoms with Gasteiger partial charge in [0.05, 0.1) is 34.6 Å². The number of halogens is 1. The molecule has 0 bridgehead atoms. The number of pyridine rings is 1. The highest BCUT2D eigenvalue weighted by molar-refractivity contribution is 6.32. The summed E-state index contributed by atoms with van der Waals surface area (Å²) >= 11 is 6.47. The lowest BCUT2D eigenvalue weighted by Crippen LogP contribution is -2.20. The molecule has 2 aromatic carbocycles. The van der Waals surface area contributed by atoms with Gasteiger partial charge in [0, 0.05) is 29.9 Å². The van der Waals surface area contributed by atoms with Crippen molar-refractivity contribution >= 4 is 45.6 Å². The summed E-state index contributed by atoms with van der Waals surface area (Å²) in [6.45, 7) is 3.33. The quantitative estimate of drug-likeness (QED) is 0.297. The number of hydrogen-bond donors (Lipinski definition) is 3. The van der Waals surface area contributed by atoms with Gasteiger partial charge in [-0.1, -0.05) is 17.7 Å². The maximum Gasteiger partial charge on any atom is 0.242 e. The van der Waals surface area contributed by atoms with Crippen molar-refractivity contribution in [2.75, 3.05) is 23.8 Å². The van der Waals surface area contributed by atoms with Crippen LogP contribution in [0.1, 0.15) is 12.6 Å². The van der Waals surface area contributed by atoms with Crippen LogP contribution in [0.2, 0.25) is 5.02 Å². The molecule has 9 nitrogen and oxygen atoms in total. The molecular weight excluding hydrogens is 468 g/mol. The third-order valence-electron chi connectivity index (χ3n) is 5.32. The van der Waals surface area contributed by atoms with E-state index in [4.69, 9.17) is 21.1 Å². The van der Waals surface area contributed by atoms with Gasteiger partial charge in [-0.3, -0.25) is 9.78 Å². The third-order valence-corrected chi connectivity index (χ3v) is 5.61. The fourth-order valence-electron chi connectivity index (χ4n) is 3.49. The van der Waals surface area contributed by atoms with Crippen LogP contribution in [0.5, 0.6) is 11.5 Å². The van der Waals surface area contributed by atoms with Gasteiger partial charge in [-0.15, -0.1) is 0 Å². The first-order valence-corrected chi connectivity index (χ1v) is 11.5. The van der Waals surface area contributed by atoms with Crippen LogP contribution in [0.15, 0.2) is 61.1 Å². The van der Waals surface area contributed by atoms with Crippen LogP contribution in [-0.4, -0.2) is 40.1 Å². The number of anilines is 3. The summed E-state index contributed by atoms with van der Waals surface area (Å²) in [4.78, 5) is 25.4. The average molecular weight is 491 g/mol. The number of hydrogen-bond acceptors (Lipinski definition) is 8. The van der Waals surface area contributed by atoms with Gasteiger partial charge in [0.2, 0.25) is 5.91 Å². The molecule has 0 aliphatic carbocycles. The summed E-state index contributed by atoms with van der Waals surface area (Å²) in [6, 6.07) is 14.5. The number of carbonyl (C=O) groups excluding carboxylic acids is 1. The maximum atomic E-state index is 12.3. The van der Waals surface area contributed by atoms with Crippen LogP contribution >= 0.6 is 11.6 Å². The zero-order valence-corrected chi connectivity index (χ0v) is 19.7. The monoisotopic (exact) mass is 490 g/mol. The van der Waals surface area contributed by atoms with Gasteiger partial charge in [0.15, 0.2) is 0 Å². The van der Waals surface area contributed by atoms with Crippen molar-refractivity contribution in [1.82, 2.24) is 20.3 Å². The molecule has 0 spiro atoms. The number of nitrogens with one attached hydrogen (secondary N) is 3. The van der Waals surface area contributed by atoms with Crippen molar-refractivity contribution in [2.45, 2.75) is 19.6 Å². The van der Waals surface area contributed by atoms with Crippen LogP contribution in [0.3, 0.4) is 0 Å². The molecule has 1 fully saturated rings.